The van der Waals surface area contributed by atoms with Gasteiger partial charge in [-0.25, -0.2) is 21.1 Å². The summed E-state index contributed by atoms with van der Waals surface area (Å²) in [4.78, 5) is 12.8. The molecular formula is C22H31N3O6S2. The second-order valence-electron chi connectivity index (χ2n) is 7.98. The Kier molecular flexibility index (Phi) is 8.50. The van der Waals surface area contributed by atoms with Crippen LogP contribution in [0.1, 0.15) is 18.1 Å². The van der Waals surface area contributed by atoms with Gasteiger partial charge < -0.3 is 10.1 Å². The number of nitrogens with zero attached hydrogens (tertiary/aromatic N) is 2. The molecule has 2 aromatic carbocycles. The lowest BCUT2D eigenvalue weighted by Crippen LogP contribution is -2.48. The first-order valence-corrected chi connectivity index (χ1v) is 13.5. The zero-order valence-corrected chi connectivity index (χ0v) is 21.3. The zero-order valence-electron chi connectivity index (χ0n) is 19.7. The van der Waals surface area contributed by atoms with E-state index < -0.39 is 32.0 Å². The Balaban J connectivity index is 1.99. The van der Waals surface area contributed by atoms with Crippen molar-refractivity contribution in [2.75, 3.05) is 37.8 Å². The van der Waals surface area contributed by atoms with Gasteiger partial charge in [0, 0.05) is 14.1 Å². The third kappa shape index (κ3) is 6.92. The Labute approximate surface area is 196 Å². The lowest BCUT2D eigenvalue weighted by atomic mass is 10.1. The van der Waals surface area contributed by atoms with Crippen LogP contribution in [0.15, 0.2) is 47.4 Å². The number of ether oxygens (including phenoxy) is 1. The normalized spacial score (nSPS) is 12.9. The van der Waals surface area contributed by atoms with E-state index in [0.717, 1.165) is 26.0 Å². The van der Waals surface area contributed by atoms with Crippen LogP contribution in [0.3, 0.4) is 0 Å². The summed E-state index contributed by atoms with van der Waals surface area (Å²) in [5, 5.41) is 2.68. The quantitative estimate of drug-likeness (QED) is 0.502. The van der Waals surface area contributed by atoms with E-state index in [9.17, 15) is 21.6 Å². The molecule has 9 nitrogen and oxygen atoms in total. The summed E-state index contributed by atoms with van der Waals surface area (Å²) in [6.07, 6.45) is 1.07. The van der Waals surface area contributed by atoms with Crippen molar-refractivity contribution in [3.63, 3.8) is 0 Å². The van der Waals surface area contributed by atoms with Crippen molar-refractivity contribution in [2.45, 2.75) is 31.7 Å². The third-order valence-corrected chi connectivity index (χ3v) is 7.89. The molecule has 0 bridgehead atoms. The van der Waals surface area contributed by atoms with Crippen LogP contribution >= 0.6 is 0 Å². The van der Waals surface area contributed by atoms with Crippen molar-refractivity contribution >= 4 is 31.6 Å². The molecule has 1 amide bonds. The highest BCUT2D eigenvalue weighted by atomic mass is 32.2. The molecule has 1 N–H and O–H groups in total. The summed E-state index contributed by atoms with van der Waals surface area (Å²) in [5.74, 6) is -0.0152. The number of nitrogens with one attached hydrogen (secondary N) is 1. The molecule has 2 aromatic rings. The lowest BCUT2D eigenvalue weighted by Gasteiger charge is -2.28. The first kappa shape index (κ1) is 26.6. The summed E-state index contributed by atoms with van der Waals surface area (Å²) in [7, 11) is -4.32. The van der Waals surface area contributed by atoms with Crippen LogP contribution in [-0.4, -0.2) is 66.6 Å². The second kappa shape index (κ2) is 10.5. The molecule has 0 fully saturated rings. The number of benzene rings is 2. The Morgan fingerprint density at radius 1 is 1.00 bits per heavy atom. The highest BCUT2D eigenvalue weighted by molar-refractivity contribution is 7.92. The van der Waals surface area contributed by atoms with Crippen LogP contribution in [-0.2, 0) is 24.8 Å². The van der Waals surface area contributed by atoms with E-state index in [-0.39, 0.29) is 18.0 Å². The van der Waals surface area contributed by atoms with Crippen molar-refractivity contribution in [3.05, 3.63) is 53.6 Å². The van der Waals surface area contributed by atoms with Gasteiger partial charge in [0.2, 0.25) is 26.0 Å². The van der Waals surface area contributed by atoms with Gasteiger partial charge in [-0.1, -0.05) is 6.07 Å². The number of hydrogen-bond donors (Lipinski definition) is 1. The lowest BCUT2D eigenvalue weighted by molar-refractivity contribution is -0.121. The first-order chi connectivity index (χ1) is 15.2. The standard InChI is InChI=1S/C22H31N3O6S2/c1-16-13-17(2)15-19(14-16)25(32(6,27)28)18(3)22(26)23-11-12-31-20-7-9-21(10-8-20)33(29,30)24(4)5/h7-10,13-15,18H,11-12H2,1-6H3,(H,23,26)/t18-/m1/s1. The molecule has 0 heterocycles. The van der Waals surface area contributed by atoms with Gasteiger partial charge in [0.25, 0.3) is 0 Å². The SMILES string of the molecule is Cc1cc(C)cc(N([C@H](C)C(=O)NCCOc2ccc(S(=O)(=O)N(C)C)cc2)S(C)(=O)=O)c1. The fourth-order valence-electron chi connectivity index (χ4n) is 3.30. The van der Waals surface area contributed by atoms with Gasteiger partial charge in [0.1, 0.15) is 18.4 Å². The number of anilines is 1. The van der Waals surface area contributed by atoms with Gasteiger partial charge in [-0.15, -0.1) is 0 Å². The summed E-state index contributed by atoms with van der Waals surface area (Å²) >= 11 is 0. The topological polar surface area (TPSA) is 113 Å². The summed E-state index contributed by atoms with van der Waals surface area (Å²) in [6.45, 7) is 5.52. The molecule has 0 aliphatic heterocycles. The molecule has 0 aliphatic rings. The predicted octanol–water partition coefficient (Wildman–Crippen LogP) is 1.90. The molecular weight excluding hydrogens is 466 g/mol. The number of amides is 1. The van der Waals surface area contributed by atoms with Crippen molar-refractivity contribution in [1.29, 1.82) is 0 Å². The molecule has 33 heavy (non-hydrogen) atoms. The molecule has 11 heteroatoms. The first-order valence-electron chi connectivity index (χ1n) is 10.2. The molecule has 0 spiro atoms. The van der Waals surface area contributed by atoms with Crippen molar-refractivity contribution in [2.24, 2.45) is 0 Å². The summed E-state index contributed by atoms with van der Waals surface area (Å²) < 4.78 is 56.8. The smallest absolute Gasteiger partial charge is 0.243 e. The Bertz CT molecular complexity index is 1170. The average Bonchev–Trinajstić information content (AvgIpc) is 2.69. The maximum atomic E-state index is 12.7. The fourth-order valence-corrected chi connectivity index (χ4v) is 5.36. The number of carbonyl (C=O) groups excluding carboxylic acids is 1. The molecule has 0 unspecified atom stereocenters. The van der Waals surface area contributed by atoms with E-state index in [2.05, 4.69) is 5.32 Å². The zero-order chi connectivity index (χ0) is 25.0. The molecule has 182 valence electrons. The van der Waals surface area contributed by atoms with Gasteiger partial charge in [-0.05, 0) is 68.3 Å². The average molecular weight is 498 g/mol. The highest BCUT2D eigenvalue weighted by Gasteiger charge is 2.29. The minimum absolute atomic E-state index is 0.126. The monoisotopic (exact) mass is 497 g/mol. The second-order valence-corrected chi connectivity index (χ2v) is 12.0. The van der Waals surface area contributed by atoms with Crippen molar-refractivity contribution in [1.82, 2.24) is 9.62 Å². The molecule has 0 aromatic heterocycles. The fraction of sp³-hybridized carbons (Fsp3) is 0.409. The van der Waals surface area contributed by atoms with E-state index in [4.69, 9.17) is 4.74 Å². The number of rotatable bonds is 10. The van der Waals surface area contributed by atoms with Crippen LogP contribution in [0, 0.1) is 13.8 Å². The Morgan fingerprint density at radius 2 is 1.55 bits per heavy atom. The maximum absolute atomic E-state index is 12.7. The van der Waals surface area contributed by atoms with Gasteiger partial charge >= 0.3 is 0 Å². The van der Waals surface area contributed by atoms with E-state index in [1.807, 2.05) is 19.9 Å². The highest BCUT2D eigenvalue weighted by Crippen LogP contribution is 2.24. The Hall–Kier alpha value is -2.63. The Morgan fingerprint density at radius 3 is 2.03 bits per heavy atom. The number of hydrogen-bond acceptors (Lipinski definition) is 6. The predicted molar refractivity (Wildman–Crippen MR) is 129 cm³/mol. The van der Waals surface area contributed by atoms with E-state index in [0.29, 0.717) is 11.4 Å². The summed E-state index contributed by atoms with van der Waals surface area (Å²) in [5.41, 5.74) is 2.22. The molecule has 0 saturated carbocycles. The molecule has 0 radical (unpaired) electrons. The van der Waals surface area contributed by atoms with Gasteiger partial charge in [-0.3, -0.25) is 9.10 Å². The molecule has 0 aliphatic carbocycles. The van der Waals surface area contributed by atoms with Gasteiger partial charge in [-0.2, -0.15) is 0 Å². The van der Waals surface area contributed by atoms with Gasteiger partial charge in [0.05, 0.1) is 23.4 Å². The minimum Gasteiger partial charge on any atom is -0.492 e. The minimum atomic E-state index is -3.70. The van der Waals surface area contributed by atoms with Crippen LogP contribution in [0.4, 0.5) is 5.69 Å². The largest absolute Gasteiger partial charge is 0.492 e. The molecule has 2 rings (SSSR count). The van der Waals surface area contributed by atoms with Crippen LogP contribution in [0.25, 0.3) is 0 Å². The number of sulfonamides is 2. The third-order valence-electron chi connectivity index (χ3n) is 4.82. The number of carbonyl (C=O) groups is 1. The maximum Gasteiger partial charge on any atom is 0.243 e. The molecule has 0 saturated heterocycles. The van der Waals surface area contributed by atoms with Crippen LogP contribution in [0.5, 0.6) is 5.75 Å². The van der Waals surface area contributed by atoms with Crippen molar-refractivity contribution in [3.8, 4) is 5.75 Å². The van der Waals surface area contributed by atoms with E-state index in [1.165, 1.54) is 45.3 Å². The summed E-state index contributed by atoms with van der Waals surface area (Å²) in [6, 6.07) is 10.4. The van der Waals surface area contributed by atoms with Crippen molar-refractivity contribution < 1.29 is 26.4 Å². The van der Waals surface area contributed by atoms with Crippen LogP contribution < -0.4 is 14.4 Å². The van der Waals surface area contributed by atoms with E-state index >= 15 is 0 Å². The molecule has 1 atom stereocenters. The van der Waals surface area contributed by atoms with E-state index in [1.54, 1.807) is 12.1 Å². The van der Waals surface area contributed by atoms with Crippen LogP contribution in [0.2, 0.25) is 0 Å². The number of aryl methyl sites for hydroxylation is 2. The van der Waals surface area contributed by atoms with Gasteiger partial charge in [0.15, 0.2) is 0 Å².